The van der Waals surface area contributed by atoms with Gasteiger partial charge in [-0.3, -0.25) is 4.90 Å². The first kappa shape index (κ1) is 24.4. The number of morpholine rings is 1. The Morgan fingerprint density at radius 3 is 2.84 bits per heavy atom. The van der Waals surface area contributed by atoms with E-state index in [0.717, 1.165) is 70.0 Å². The second-order valence-corrected chi connectivity index (χ2v) is 8.73. The topological polar surface area (TPSA) is 79.6 Å². The van der Waals surface area contributed by atoms with E-state index in [4.69, 9.17) is 9.73 Å². The lowest BCUT2D eigenvalue weighted by Gasteiger charge is -2.34. The fraction of sp³-hybridized carbons (Fsp3) is 0.667. The van der Waals surface area contributed by atoms with Gasteiger partial charge in [-0.05, 0) is 31.2 Å². The number of rotatable bonds is 7. The van der Waals surface area contributed by atoms with Gasteiger partial charge in [-0.15, -0.1) is 45.5 Å². The molecule has 1 atom stereocenters. The zero-order valence-corrected chi connectivity index (χ0v) is 21.4. The minimum absolute atomic E-state index is 0. The Hall–Kier alpha value is -1.24. The van der Waals surface area contributed by atoms with E-state index in [9.17, 15) is 0 Å². The maximum atomic E-state index is 5.56. The van der Waals surface area contributed by atoms with E-state index >= 15 is 0 Å². The second kappa shape index (κ2) is 12.7. The smallest absolute Gasteiger partial charge is 0.191 e. The lowest BCUT2D eigenvalue weighted by molar-refractivity contribution is 0.0177. The number of ether oxygens (including phenoxy) is 1. The van der Waals surface area contributed by atoms with E-state index in [2.05, 4.69) is 54.7 Å². The van der Waals surface area contributed by atoms with Gasteiger partial charge < -0.3 is 19.9 Å². The Balaban J connectivity index is 0.00000272. The van der Waals surface area contributed by atoms with Crippen molar-refractivity contribution < 1.29 is 4.74 Å². The Labute approximate surface area is 205 Å². The first-order valence-corrected chi connectivity index (χ1v) is 12.0. The molecule has 0 amide bonds. The van der Waals surface area contributed by atoms with Crippen LogP contribution in [0.3, 0.4) is 0 Å². The van der Waals surface area contributed by atoms with Crippen molar-refractivity contribution >= 4 is 41.3 Å². The SMILES string of the molecule is CCNC(=NCc1nnc2n1CCCCC2)NCC(c1cccs1)N1CCOCC1.I. The molecule has 2 aromatic rings. The van der Waals surface area contributed by atoms with Crippen molar-refractivity contribution in [3.63, 3.8) is 0 Å². The van der Waals surface area contributed by atoms with Crippen LogP contribution >= 0.6 is 35.3 Å². The predicted octanol–water partition coefficient (Wildman–Crippen LogP) is 2.81. The van der Waals surface area contributed by atoms with Crippen LogP contribution in [0.2, 0.25) is 0 Å². The summed E-state index contributed by atoms with van der Waals surface area (Å²) in [5, 5.41) is 17.9. The molecule has 2 aliphatic heterocycles. The largest absolute Gasteiger partial charge is 0.379 e. The highest BCUT2D eigenvalue weighted by Gasteiger charge is 2.23. The number of thiophene rings is 1. The van der Waals surface area contributed by atoms with Crippen LogP contribution in [0.25, 0.3) is 0 Å². The molecule has 2 aromatic heterocycles. The summed E-state index contributed by atoms with van der Waals surface area (Å²) in [5.74, 6) is 2.91. The van der Waals surface area contributed by atoms with Gasteiger partial charge in [0.15, 0.2) is 11.8 Å². The van der Waals surface area contributed by atoms with E-state index in [1.54, 1.807) is 0 Å². The molecule has 31 heavy (non-hydrogen) atoms. The molecule has 10 heteroatoms. The number of halogens is 1. The van der Waals surface area contributed by atoms with E-state index in [-0.39, 0.29) is 24.0 Å². The highest BCUT2D eigenvalue weighted by Crippen LogP contribution is 2.25. The summed E-state index contributed by atoms with van der Waals surface area (Å²) in [6, 6.07) is 4.67. The molecule has 0 aromatic carbocycles. The number of aryl methyl sites for hydroxylation is 1. The number of aromatic nitrogens is 3. The van der Waals surface area contributed by atoms with Crippen LogP contribution < -0.4 is 10.6 Å². The van der Waals surface area contributed by atoms with Gasteiger partial charge >= 0.3 is 0 Å². The fourth-order valence-electron chi connectivity index (χ4n) is 4.13. The highest BCUT2D eigenvalue weighted by molar-refractivity contribution is 14.0. The summed E-state index contributed by atoms with van der Waals surface area (Å²) in [4.78, 5) is 8.71. The monoisotopic (exact) mass is 559 g/mol. The van der Waals surface area contributed by atoms with Crippen LogP contribution in [0.15, 0.2) is 22.5 Å². The molecule has 8 nitrogen and oxygen atoms in total. The summed E-state index contributed by atoms with van der Waals surface area (Å²) >= 11 is 1.81. The third kappa shape index (κ3) is 6.62. The molecule has 0 spiro atoms. The first-order chi connectivity index (χ1) is 14.8. The molecule has 1 unspecified atom stereocenters. The average molecular weight is 560 g/mol. The van der Waals surface area contributed by atoms with Crippen molar-refractivity contribution in [3.8, 4) is 0 Å². The molecule has 0 aliphatic carbocycles. The summed E-state index contributed by atoms with van der Waals surface area (Å²) < 4.78 is 7.82. The number of aliphatic imine (C=N–C) groups is 1. The van der Waals surface area contributed by atoms with Crippen molar-refractivity contribution in [3.05, 3.63) is 34.0 Å². The number of guanidine groups is 1. The normalized spacial score (nSPS) is 18.5. The van der Waals surface area contributed by atoms with Crippen LogP contribution in [0.5, 0.6) is 0 Å². The Bertz CT molecular complexity index is 805. The van der Waals surface area contributed by atoms with Gasteiger partial charge in [-0.1, -0.05) is 12.5 Å². The Morgan fingerprint density at radius 2 is 2.06 bits per heavy atom. The van der Waals surface area contributed by atoms with Crippen molar-refractivity contribution in [2.24, 2.45) is 4.99 Å². The van der Waals surface area contributed by atoms with Crippen LogP contribution in [0.1, 0.15) is 48.8 Å². The van der Waals surface area contributed by atoms with Gasteiger partial charge in [0, 0.05) is 44.0 Å². The molecule has 0 radical (unpaired) electrons. The van der Waals surface area contributed by atoms with E-state index in [1.807, 2.05) is 11.3 Å². The van der Waals surface area contributed by atoms with Crippen molar-refractivity contribution in [2.75, 3.05) is 39.4 Å². The molecule has 2 N–H and O–H groups in total. The van der Waals surface area contributed by atoms with Crippen LogP contribution in [0.4, 0.5) is 0 Å². The van der Waals surface area contributed by atoms with Crippen molar-refractivity contribution in [1.29, 1.82) is 0 Å². The van der Waals surface area contributed by atoms with Crippen LogP contribution in [-0.2, 0) is 24.2 Å². The molecule has 0 bridgehead atoms. The molecule has 4 heterocycles. The standard InChI is InChI=1S/C21H33N7OS.HI/c1-2-22-21(24-16-20-26-25-19-8-4-3-5-9-28(19)20)23-15-17(18-7-6-14-30-18)27-10-12-29-13-11-27;/h6-7,14,17H,2-5,8-13,15-16H2,1H3,(H2,22,23,24);1H. The molecule has 4 rings (SSSR count). The fourth-order valence-corrected chi connectivity index (χ4v) is 4.99. The van der Waals surface area contributed by atoms with Crippen molar-refractivity contribution in [2.45, 2.75) is 51.7 Å². The lowest BCUT2D eigenvalue weighted by atomic mass is 10.2. The highest BCUT2D eigenvalue weighted by atomic mass is 127. The van der Waals surface area contributed by atoms with Gasteiger partial charge in [0.2, 0.25) is 0 Å². The van der Waals surface area contributed by atoms with Gasteiger partial charge in [0.25, 0.3) is 0 Å². The summed E-state index contributed by atoms with van der Waals surface area (Å²) in [5.41, 5.74) is 0. The molecular formula is C21H34IN7OS. The van der Waals surface area contributed by atoms with Gasteiger partial charge in [0.1, 0.15) is 12.4 Å². The number of fused-ring (bicyclic) bond motifs is 1. The number of nitrogens with zero attached hydrogens (tertiary/aromatic N) is 5. The number of hydrogen-bond donors (Lipinski definition) is 2. The summed E-state index contributed by atoms with van der Waals surface area (Å²) in [7, 11) is 0. The minimum Gasteiger partial charge on any atom is -0.379 e. The third-order valence-electron chi connectivity index (χ3n) is 5.73. The van der Waals surface area contributed by atoms with E-state index < -0.39 is 0 Å². The lowest BCUT2D eigenvalue weighted by Crippen LogP contribution is -2.46. The van der Waals surface area contributed by atoms with E-state index in [1.165, 1.54) is 24.1 Å². The molecular weight excluding hydrogens is 525 g/mol. The predicted molar refractivity (Wildman–Crippen MR) is 135 cm³/mol. The Kier molecular flexibility index (Phi) is 10.0. The molecule has 172 valence electrons. The van der Waals surface area contributed by atoms with Crippen molar-refractivity contribution in [1.82, 2.24) is 30.3 Å². The number of nitrogens with one attached hydrogen (secondary N) is 2. The van der Waals surface area contributed by atoms with Gasteiger partial charge in [-0.2, -0.15) is 0 Å². The van der Waals surface area contributed by atoms with Gasteiger partial charge in [0.05, 0.1) is 19.3 Å². The molecule has 1 saturated heterocycles. The van der Waals surface area contributed by atoms with Crippen LogP contribution in [-0.4, -0.2) is 65.0 Å². The third-order valence-corrected chi connectivity index (χ3v) is 6.70. The van der Waals surface area contributed by atoms with Gasteiger partial charge in [-0.25, -0.2) is 4.99 Å². The number of hydrogen-bond acceptors (Lipinski definition) is 6. The first-order valence-electron chi connectivity index (χ1n) is 11.1. The summed E-state index contributed by atoms with van der Waals surface area (Å²) in [6.07, 6.45) is 4.69. The zero-order valence-electron chi connectivity index (χ0n) is 18.3. The second-order valence-electron chi connectivity index (χ2n) is 7.75. The average Bonchev–Trinajstić information content (AvgIpc) is 3.38. The maximum absolute atomic E-state index is 5.56. The maximum Gasteiger partial charge on any atom is 0.191 e. The Morgan fingerprint density at radius 1 is 1.19 bits per heavy atom. The quantitative estimate of drug-likeness (QED) is 0.309. The summed E-state index contributed by atoms with van der Waals surface area (Å²) in [6.45, 7) is 8.81. The van der Waals surface area contributed by atoms with E-state index in [0.29, 0.717) is 12.6 Å². The minimum atomic E-state index is 0. The zero-order chi connectivity index (χ0) is 20.6. The molecule has 1 fully saturated rings. The molecule has 2 aliphatic rings. The molecule has 0 saturated carbocycles. The van der Waals surface area contributed by atoms with Crippen LogP contribution in [0, 0.1) is 0 Å².